The second-order valence-electron chi connectivity index (χ2n) is 4.34. The Morgan fingerprint density at radius 2 is 2.42 bits per heavy atom. The van der Waals surface area contributed by atoms with Crippen molar-refractivity contribution in [3.63, 3.8) is 0 Å². The number of imidazole rings is 1. The van der Waals surface area contributed by atoms with Gasteiger partial charge in [-0.05, 0) is 13.8 Å². The average molecular weight is 278 g/mol. The fraction of sp³-hybridized carbons (Fsp3) is 0.417. The van der Waals surface area contributed by atoms with Crippen molar-refractivity contribution in [2.24, 2.45) is 0 Å². The van der Waals surface area contributed by atoms with Gasteiger partial charge in [0.2, 0.25) is 0 Å². The zero-order valence-electron chi connectivity index (χ0n) is 10.7. The molecule has 6 nitrogen and oxygen atoms in total. The number of anilines is 1. The van der Waals surface area contributed by atoms with E-state index < -0.39 is 5.97 Å². The minimum atomic E-state index is -1.01. The number of nitrogens with zero attached hydrogens (tertiary/aromatic N) is 4. The SMILES string of the molecule is CC(C)N(CCC#N)c1nc2sccn2c1C(=O)O. The molecule has 0 saturated carbocycles. The van der Waals surface area contributed by atoms with Crippen molar-refractivity contribution in [1.29, 1.82) is 5.26 Å². The largest absolute Gasteiger partial charge is 0.476 e. The van der Waals surface area contributed by atoms with E-state index in [9.17, 15) is 9.90 Å². The lowest BCUT2D eigenvalue weighted by molar-refractivity contribution is 0.0690. The molecule has 7 heteroatoms. The van der Waals surface area contributed by atoms with Crippen molar-refractivity contribution in [2.75, 3.05) is 11.4 Å². The number of hydrogen-bond acceptors (Lipinski definition) is 5. The first-order valence-electron chi connectivity index (χ1n) is 5.88. The number of nitriles is 1. The van der Waals surface area contributed by atoms with Crippen molar-refractivity contribution < 1.29 is 9.90 Å². The monoisotopic (exact) mass is 278 g/mol. The van der Waals surface area contributed by atoms with Crippen LogP contribution in [0.5, 0.6) is 0 Å². The van der Waals surface area contributed by atoms with Crippen LogP contribution in [0.25, 0.3) is 4.96 Å². The van der Waals surface area contributed by atoms with Crippen molar-refractivity contribution in [3.05, 3.63) is 17.3 Å². The smallest absolute Gasteiger partial charge is 0.356 e. The van der Waals surface area contributed by atoms with Gasteiger partial charge in [0.25, 0.3) is 0 Å². The summed E-state index contributed by atoms with van der Waals surface area (Å²) < 4.78 is 1.57. The van der Waals surface area contributed by atoms with Crippen LogP contribution in [0, 0.1) is 11.3 Å². The molecule has 0 radical (unpaired) electrons. The molecule has 1 N–H and O–H groups in total. The lowest BCUT2D eigenvalue weighted by Gasteiger charge is -2.26. The minimum Gasteiger partial charge on any atom is -0.476 e. The number of fused-ring (bicyclic) bond motifs is 1. The standard InChI is InChI=1S/C12H14N4O2S/c1-8(2)15(5-3-4-13)10-9(11(17)18)16-6-7-19-12(16)14-10/h6-8H,3,5H2,1-2H3,(H,17,18). The van der Waals surface area contributed by atoms with E-state index in [4.69, 9.17) is 5.26 Å². The molecule has 100 valence electrons. The van der Waals surface area contributed by atoms with Crippen LogP contribution in [0.4, 0.5) is 5.82 Å². The first-order valence-corrected chi connectivity index (χ1v) is 6.76. The number of carbonyl (C=O) groups is 1. The van der Waals surface area contributed by atoms with Crippen LogP contribution >= 0.6 is 11.3 Å². The second kappa shape index (κ2) is 5.28. The first kappa shape index (κ1) is 13.4. The van der Waals surface area contributed by atoms with Crippen LogP contribution < -0.4 is 4.90 Å². The molecular formula is C12H14N4O2S. The highest BCUT2D eigenvalue weighted by atomic mass is 32.1. The van der Waals surface area contributed by atoms with E-state index in [1.807, 2.05) is 18.7 Å². The van der Waals surface area contributed by atoms with Crippen LogP contribution in [0.3, 0.4) is 0 Å². The summed E-state index contributed by atoms with van der Waals surface area (Å²) in [4.78, 5) is 18.3. The molecule has 0 aromatic carbocycles. The van der Waals surface area contributed by atoms with Gasteiger partial charge in [0.1, 0.15) is 0 Å². The van der Waals surface area contributed by atoms with Gasteiger partial charge in [0.15, 0.2) is 16.5 Å². The predicted octanol–water partition coefficient (Wildman–Crippen LogP) is 2.22. The number of aromatic carboxylic acids is 1. The molecule has 2 aromatic heterocycles. The summed E-state index contributed by atoms with van der Waals surface area (Å²) in [6, 6.07) is 2.16. The van der Waals surface area contributed by atoms with Crippen molar-refractivity contribution in [3.8, 4) is 6.07 Å². The Morgan fingerprint density at radius 1 is 1.68 bits per heavy atom. The third kappa shape index (κ3) is 2.39. The number of hydrogen-bond donors (Lipinski definition) is 1. The fourth-order valence-electron chi connectivity index (χ4n) is 1.95. The summed E-state index contributed by atoms with van der Waals surface area (Å²) >= 11 is 1.39. The summed E-state index contributed by atoms with van der Waals surface area (Å²) in [6.45, 7) is 4.38. The van der Waals surface area contributed by atoms with E-state index in [2.05, 4.69) is 11.1 Å². The summed E-state index contributed by atoms with van der Waals surface area (Å²) in [7, 11) is 0. The van der Waals surface area contributed by atoms with Crippen LogP contribution in [0.2, 0.25) is 0 Å². The highest BCUT2D eigenvalue weighted by Crippen LogP contribution is 2.26. The molecule has 0 atom stereocenters. The molecule has 2 heterocycles. The highest BCUT2D eigenvalue weighted by molar-refractivity contribution is 7.15. The van der Waals surface area contributed by atoms with Gasteiger partial charge >= 0.3 is 5.97 Å². The Labute approximate surface area is 114 Å². The predicted molar refractivity (Wildman–Crippen MR) is 72.7 cm³/mol. The lowest BCUT2D eigenvalue weighted by atomic mass is 10.2. The van der Waals surface area contributed by atoms with Gasteiger partial charge in [-0.3, -0.25) is 4.40 Å². The minimum absolute atomic E-state index is 0.0797. The normalized spacial score (nSPS) is 10.8. The van der Waals surface area contributed by atoms with E-state index >= 15 is 0 Å². The topological polar surface area (TPSA) is 81.6 Å². The summed E-state index contributed by atoms with van der Waals surface area (Å²) in [6.07, 6.45) is 2.03. The quantitative estimate of drug-likeness (QED) is 0.906. The number of aromatic nitrogens is 2. The molecule has 0 spiro atoms. The van der Waals surface area contributed by atoms with Crippen molar-refractivity contribution >= 4 is 28.1 Å². The van der Waals surface area contributed by atoms with E-state index in [1.165, 1.54) is 11.3 Å². The molecule has 0 aliphatic carbocycles. The Balaban J connectivity index is 2.52. The first-order chi connectivity index (χ1) is 9.06. The van der Waals surface area contributed by atoms with Gasteiger partial charge in [-0.1, -0.05) is 0 Å². The molecule has 0 unspecified atom stereocenters. The third-order valence-corrected chi connectivity index (χ3v) is 3.56. The highest BCUT2D eigenvalue weighted by Gasteiger charge is 2.25. The molecule has 0 saturated heterocycles. The van der Waals surface area contributed by atoms with Gasteiger partial charge in [0.05, 0.1) is 12.5 Å². The molecule has 19 heavy (non-hydrogen) atoms. The van der Waals surface area contributed by atoms with E-state index in [1.54, 1.807) is 16.0 Å². The van der Waals surface area contributed by atoms with Crippen LogP contribution in [-0.2, 0) is 0 Å². The molecule has 2 rings (SSSR count). The molecule has 2 aromatic rings. The maximum Gasteiger partial charge on any atom is 0.356 e. The van der Waals surface area contributed by atoms with Gasteiger partial charge in [-0.2, -0.15) is 5.26 Å². The average Bonchev–Trinajstić information content (AvgIpc) is 2.88. The maximum atomic E-state index is 11.4. The number of carboxylic acid groups (broad SMARTS) is 1. The maximum absolute atomic E-state index is 11.4. The van der Waals surface area contributed by atoms with E-state index in [-0.39, 0.29) is 11.7 Å². The Bertz CT molecular complexity index is 638. The zero-order valence-corrected chi connectivity index (χ0v) is 11.5. The van der Waals surface area contributed by atoms with Crippen molar-refractivity contribution in [2.45, 2.75) is 26.3 Å². The van der Waals surface area contributed by atoms with E-state index in [0.717, 1.165) is 0 Å². The zero-order chi connectivity index (χ0) is 14.0. The number of rotatable bonds is 5. The summed E-state index contributed by atoms with van der Waals surface area (Å²) in [5.74, 6) is -0.576. The van der Waals surface area contributed by atoms with Gasteiger partial charge in [0, 0.05) is 24.2 Å². The molecule has 0 aliphatic rings. The number of carboxylic acids is 1. The summed E-state index contributed by atoms with van der Waals surface area (Å²) in [5.41, 5.74) is 0.155. The Hall–Kier alpha value is -2.07. The molecular weight excluding hydrogens is 264 g/mol. The lowest BCUT2D eigenvalue weighted by Crippen LogP contribution is -2.33. The molecule has 0 fully saturated rings. The third-order valence-electron chi connectivity index (χ3n) is 2.81. The van der Waals surface area contributed by atoms with Crippen LogP contribution in [-0.4, -0.2) is 33.0 Å². The summed E-state index contributed by atoms with van der Waals surface area (Å²) in [5, 5.41) is 19.9. The number of thiazole rings is 1. The van der Waals surface area contributed by atoms with Gasteiger partial charge < -0.3 is 10.0 Å². The van der Waals surface area contributed by atoms with Crippen molar-refractivity contribution in [1.82, 2.24) is 9.38 Å². The van der Waals surface area contributed by atoms with Crippen LogP contribution in [0.15, 0.2) is 11.6 Å². The molecule has 0 amide bonds. The Kier molecular flexibility index (Phi) is 3.71. The Morgan fingerprint density at radius 3 is 3.00 bits per heavy atom. The molecule has 0 aliphatic heterocycles. The molecule has 0 bridgehead atoms. The fourth-order valence-corrected chi connectivity index (χ4v) is 2.66. The van der Waals surface area contributed by atoms with Crippen LogP contribution in [0.1, 0.15) is 30.8 Å². The van der Waals surface area contributed by atoms with Gasteiger partial charge in [-0.15, -0.1) is 11.3 Å². The van der Waals surface area contributed by atoms with E-state index in [0.29, 0.717) is 23.7 Å². The van der Waals surface area contributed by atoms with Gasteiger partial charge in [-0.25, -0.2) is 9.78 Å². The second-order valence-corrected chi connectivity index (χ2v) is 5.21.